The minimum absolute atomic E-state index is 0.128. The average Bonchev–Trinajstić information content (AvgIpc) is 2.95. The maximum atomic E-state index is 10.9. The molecule has 0 fully saturated rings. The van der Waals surface area contributed by atoms with Crippen LogP contribution in [0, 0.1) is 0 Å². The molecule has 0 saturated heterocycles. The van der Waals surface area contributed by atoms with E-state index in [1.54, 1.807) is 13.2 Å². The lowest BCUT2D eigenvalue weighted by Crippen LogP contribution is -1.95. The Hall–Kier alpha value is -2.50. The number of hydrogen-bond acceptors (Lipinski definition) is 5. The number of rotatable bonds is 5. The van der Waals surface area contributed by atoms with Crippen LogP contribution in [0.5, 0.6) is 11.5 Å². The predicted molar refractivity (Wildman–Crippen MR) is 71.4 cm³/mol. The Morgan fingerprint density at radius 3 is 2.40 bits per heavy atom. The maximum Gasteiger partial charge on any atom is 0.358 e. The van der Waals surface area contributed by atoms with Crippen LogP contribution in [0.4, 0.5) is 0 Å². The van der Waals surface area contributed by atoms with Crippen molar-refractivity contribution in [2.45, 2.75) is 13.3 Å². The van der Waals surface area contributed by atoms with Crippen LogP contribution in [0.2, 0.25) is 0 Å². The summed E-state index contributed by atoms with van der Waals surface area (Å²) in [4.78, 5) is 10.9. The van der Waals surface area contributed by atoms with Gasteiger partial charge in [-0.25, -0.2) is 4.79 Å². The molecule has 0 amide bonds. The Kier molecular flexibility index (Phi) is 3.93. The highest BCUT2D eigenvalue weighted by Crippen LogP contribution is 2.36. The van der Waals surface area contributed by atoms with Gasteiger partial charge in [-0.05, 0) is 24.1 Å². The fourth-order valence-electron chi connectivity index (χ4n) is 1.95. The average molecular weight is 277 g/mol. The van der Waals surface area contributed by atoms with Gasteiger partial charge in [0.1, 0.15) is 0 Å². The molecular formula is C14H15NO5. The maximum absolute atomic E-state index is 10.9. The van der Waals surface area contributed by atoms with Gasteiger partial charge >= 0.3 is 5.97 Å². The summed E-state index contributed by atoms with van der Waals surface area (Å²) in [5.74, 6) is 0.428. The highest BCUT2D eigenvalue weighted by Gasteiger charge is 2.17. The molecule has 0 bridgehead atoms. The molecule has 6 nitrogen and oxygen atoms in total. The SMILES string of the molecule is CCc1cc(OC)c(OC)cc1-c1cc(C(=O)O)no1. The second-order valence-corrected chi connectivity index (χ2v) is 4.10. The first-order valence-corrected chi connectivity index (χ1v) is 6.06. The zero-order valence-corrected chi connectivity index (χ0v) is 11.5. The summed E-state index contributed by atoms with van der Waals surface area (Å²) in [6, 6.07) is 4.99. The Balaban J connectivity index is 2.56. The van der Waals surface area contributed by atoms with Gasteiger partial charge in [0.15, 0.2) is 23.0 Å². The number of carbonyl (C=O) groups is 1. The molecule has 2 rings (SSSR count). The molecule has 1 aromatic carbocycles. The van der Waals surface area contributed by atoms with Crippen molar-refractivity contribution in [1.82, 2.24) is 5.16 Å². The normalized spacial score (nSPS) is 10.3. The van der Waals surface area contributed by atoms with Gasteiger partial charge in [-0.3, -0.25) is 0 Å². The number of carboxylic acids is 1. The van der Waals surface area contributed by atoms with Crippen molar-refractivity contribution in [2.75, 3.05) is 14.2 Å². The number of ether oxygens (including phenoxy) is 2. The van der Waals surface area contributed by atoms with Crippen molar-refractivity contribution < 1.29 is 23.9 Å². The molecule has 20 heavy (non-hydrogen) atoms. The number of aryl methyl sites for hydroxylation is 1. The van der Waals surface area contributed by atoms with Crippen molar-refractivity contribution in [3.05, 3.63) is 29.5 Å². The first-order chi connectivity index (χ1) is 9.60. The molecule has 0 radical (unpaired) electrons. The van der Waals surface area contributed by atoms with E-state index in [2.05, 4.69) is 5.16 Å². The molecule has 0 aliphatic carbocycles. The van der Waals surface area contributed by atoms with Crippen LogP contribution in [-0.2, 0) is 6.42 Å². The van der Waals surface area contributed by atoms with Crippen molar-refractivity contribution in [2.24, 2.45) is 0 Å². The molecule has 1 heterocycles. The minimum Gasteiger partial charge on any atom is -0.493 e. The second kappa shape index (κ2) is 5.64. The molecule has 1 aromatic heterocycles. The summed E-state index contributed by atoms with van der Waals surface area (Å²) in [6.45, 7) is 1.99. The highest BCUT2D eigenvalue weighted by atomic mass is 16.5. The van der Waals surface area contributed by atoms with Gasteiger partial charge in [0, 0.05) is 11.6 Å². The lowest BCUT2D eigenvalue weighted by atomic mass is 10.0. The third-order valence-corrected chi connectivity index (χ3v) is 2.99. The quantitative estimate of drug-likeness (QED) is 0.904. The van der Waals surface area contributed by atoms with E-state index >= 15 is 0 Å². The Morgan fingerprint density at radius 2 is 1.90 bits per heavy atom. The molecule has 6 heteroatoms. The van der Waals surface area contributed by atoms with E-state index in [0.29, 0.717) is 17.3 Å². The molecule has 0 spiro atoms. The third-order valence-electron chi connectivity index (χ3n) is 2.99. The summed E-state index contributed by atoms with van der Waals surface area (Å²) < 4.78 is 15.6. The summed E-state index contributed by atoms with van der Waals surface area (Å²) in [5.41, 5.74) is 1.57. The van der Waals surface area contributed by atoms with Crippen molar-refractivity contribution in [3.8, 4) is 22.8 Å². The van der Waals surface area contributed by atoms with Crippen molar-refractivity contribution in [3.63, 3.8) is 0 Å². The van der Waals surface area contributed by atoms with Crippen LogP contribution in [0.25, 0.3) is 11.3 Å². The van der Waals surface area contributed by atoms with Gasteiger partial charge < -0.3 is 19.1 Å². The number of nitrogens with zero attached hydrogens (tertiary/aromatic N) is 1. The number of carboxylic acid groups (broad SMARTS) is 1. The number of benzene rings is 1. The smallest absolute Gasteiger partial charge is 0.358 e. The van der Waals surface area contributed by atoms with E-state index in [1.165, 1.54) is 13.2 Å². The van der Waals surface area contributed by atoms with Gasteiger partial charge in [0.2, 0.25) is 0 Å². The predicted octanol–water partition coefficient (Wildman–Crippen LogP) is 2.62. The zero-order valence-electron chi connectivity index (χ0n) is 11.5. The van der Waals surface area contributed by atoms with Gasteiger partial charge in [0.25, 0.3) is 0 Å². The molecule has 2 aromatic rings. The molecule has 0 unspecified atom stereocenters. The van der Waals surface area contributed by atoms with Gasteiger partial charge in [-0.2, -0.15) is 0 Å². The summed E-state index contributed by atoms with van der Waals surface area (Å²) in [5, 5.41) is 12.4. The van der Waals surface area contributed by atoms with Crippen molar-refractivity contribution in [1.29, 1.82) is 0 Å². The largest absolute Gasteiger partial charge is 0.493 e. The third kappa shape index (κ3) is 2.45. The highest BCUT2D eigenvalue weighted by molar-refractivity contribution is 5.86. The lowest BCUT2D eigenvalue weighted by molar-refractivity contribution is 0.0686. The van der Waals surface area contributed by atoms with Gasteiger partial charge in [0.05, 0.1) is 14.2 Å². The molecule has 1 N–H and O–H groups in total. The minimum atomic E-state index is -1.13. The topological polar surface area (TPSA) is 81.8 Å². The van der Waals surface area contributed by atoms with E-state index < -0.39 is 5.97 Å². The van der Waals surface area contributed by atoms with Crippen LogP contribution in [0.15, 0.2) is 22.7 Å². The molecular weight excluding hydrogens is 262 g/mol. The van der Waals surface area contributed by atoms with E-state index in [0.717, 1.165) is 17.5 Å². The summed E-state index contributed by atoms with van der Waals surface area (Å²) in [7, 11) is 3.10. The Bertz CT molecular complexity index is 632. The van der Waals surface area contributed by atoms with E-state index in [1.807, 2.05) is 13.0 Å². The fourth-order valence-corrected chi connectivity index (χ4v) is 1.95. The second-order valence-electron chi connectivity index (χ2n) is 4.10. The van der Waals surface area contributed by atoms with E-state index in [9.17, 15) is 4.79 Å². The number of aromatic carboxylic acids is 1. The first kappa shape index (κ1) is 13.9. The number of hydrogen-bond donors (Lipinski definition) is 1. The van der Waals surface area contributed by atoms with Gasteiger partial charge in [-0.1, -0.05) is 12.1 Å². The van der Waals surface area contributed by atoms with E-state index in [4.69, 9.17) is 19.1 Å². The van der Waals surface area contributed by atoms with Crippen LogP contribution < -0.4 is 9.47 Å². The number of methoxy groups -OCH3 is 2. The molecule has 0 atom stereocenters. The molecule has 106 valence electrons. The standard InChI is InChI=1S/C14H15NO5/c1-4-8-5-12(18-2)13(19-3)6-9(8)11-7-10(14(16)17)15-20-11/h5-7H,4H2,1-3H3,(H,16,17). The molecule has 0 aliphatic heterocycles. The van der Waals surface area contributed by atoms with Crippen LogP contribution in [0.1, 0.15) is 23.0 Å². The Morgan fingerprint density at radius 1 is 1.25 bits per heavy atom. The Labute approximate surface area is 115 Å². The summed E-state index contributed by atoms with van der Waals surface area (Å²) in [6.07, 6.45) is 0.735. The monoisotopic (exact) mass is 277 g/mol. The lowest BCUT2D eigenvalue weighted by Gasteiger charge is -2.12. The van der Waals surface area contributed by atoms with Crippen LogP contribution in [-0.4, -0.2) is 30.5 Å². The fraction of sp³-hybridized carbons (Fsp3) is 0.286. The summed E-state index contributed by atoms with van der Waals surface area (Å²) >= 11 is 0. The first-order valence-electron chi connectivity index (χ1n) is 6.06. The van der Waals surface area contributed by atoms with E-state index in [-0.39, 0.29) is 5.69 Å². The molecule has 0 aliphatic rings. The van der Waals surface area contributed by atoms with Crippen LogP contribution >= 0.6 is 0 Å². The van der Waals surface area contributed by atoms with Crippen LogP contribution in [0.3, 0.4) is 0 Å². The molecule has 0 saturated carbocycles. The zero-order chi connectivity index (χ0) is 14.7. The van der Waals surface area contributed by atoms with Gasteiger partial charge in [-0.15, -0.1) is 0 Å². The van der Waals surface area contributed by atoms with Crippen molar-refractivity contribution >= 4 is 5.97 Å². The number of aromatic nitrogens is 1.